The van der Waals surface area contributed by atoms with Gasteiger partial charge >= 0.3 is 0 Å². The Hall–Kier alpha value is -3.08. The number of hydrogen-bond acceptors (Lipinski definition) is 2. The third kappa shape index (κ3) is 4.34. The van der Waals surface area contributed by atoms with Gasteiger partial charge in [-0.1, -0.05) is 31.9 Å². The molecule has 1 aromatic heterocycles. The average Bonchev–Trinajstić information content (AvgIpc) is 3.32. The predicted octanol–water partition coefficient (Wildman–Crippen LogP) is 7.61. The molecule has 2 atom stereocenters. The van der Waals surface area contributed by atoms with Crippen LogP contribution < -0.4 is 10.6 Å². The fraction of sp³-hybridized carbons (Fsp3) is 0.515. The summed E-state index contributed by atoms with van der Waals surface area (Å²) < 4.78 is 0. The summed E-state index contributed by atoms with van der Waals surface area (Å²) in [4.78, 5) is 29.7. The Morgan fingerprint density at radius 1 is 0.789 bits per heavy atom. The van der Waals surface area contributed by atoms with Crippen LogP contribution in [0.25, 0.3) is 22.0 Å². The molecule has 5 aliphatic carbocycles. The van der Waals surface area contributed by atoms with E-state index in [2.05, 4.69) is 46.8 Å². The second-order valence-corrected chi connectivity index (χ2v) is 12.8. The predicted molar refractivity (Wildman–Crippen MR) is 153 cm³/mol. The Kier molecular flexibility index (Phi) is 6.05. The molecular weight excluding hydrogens is 470 g/mol. The lowest BCUT2D eigenvalue weighted by molar-refractivity contribution is -0.132. The number of benzene rings is 2. The fourth-order valence-corrected chi connectivity index (χ4v) is 8.69. The standard InChI is InChI=1S/C33H39N3O2/c1-19-4-2-3-5-27(19)32(37)35-25-8-6-22(7-9-25)29-18-34-30-11-10-26(17-28(29)30)36-33(38)31-23-13-20-12-21(15-23)16-24(31)14-20/h6-11,17-21,23-24,27,31,34H,2-5,12-16H2,1H3,(H,35,37)(H,36,38)/t19?,20-,21+,23-,24?,27?,31?. The Morgan fingerprint density at radius 3 is 2.16 bits per heavy atom. The maximum absolute atomic E-state index is 13.4. The van der Waals surface area contributed by atoms with E-state index in [4.69, 9.17) is 0 Å². The monoisotopic (exact) mass is 509 g/mol. The van der Waals surface area contributed by atoms with Crippen molar-refractivity contribution >= 4 is 34.1 Å². The van der Waals surface area contributed by atoms with Gasteiger partial charge in [0, 0.05) is 45.9 Å². The van der Waals surface area contributed by atoms with Gasteiger partial charge in [0.15, 0.2) is 0 Å². The third-order valence-corrected chi connectivity index (χ3v) is 10.4. The van der Waals surface area contributed by atoms with E-state index in [1.165, 1.54) is 38.5 Å². The number of hydrogen-bond donors (Lipinski definition) is 3. The molecule has 0 aliphatic heterocycles. The lowest BCUT2D eigenvalue weighted by atomic mass is 9.51. The first-order valence-corrected chi connectivity index (χ1v) is 14.8. The summed E-state index contributed by atoms with van der Waals surface area (Å²) in [6.07, 6.45) is 13.0. The van der Waals surface area contributed by atoms with Crippen molar-refractivity contribution in [3.05, 3.63) is 48.7 Å². The topological polar surface area (TPSA) is 74.0 Å². The molecule has 0 saturated heterocycles. The average molecular weight is 510 g/mol. The van der Waals surface area contributed by atoms with E-state index in [9.17, 15) is 9.59 Å². The van der Waals surface area contributed by atoms with Crippen LogP contribution in [0.4, 0.5) is 11.4 Å². The first-order valence-electron chi connectivity index (χ1n) is 14.8. The number of rotatable bonds is 5. The van der Waals surface area contributed by atoms with Crippen LogP contribution in [0, 0.1) is 41.4 Å². The van der Waals surface area contributed by atoms with Gasteiger partial charge in [0.25, 0.3) is 0 Å². The van der Waals surface area contributed by atoms with Crippen LogP contribution in [0.2, 0.25) is 0 Å². The highest BCUT2D eigenvalue weighted by Gasteiger charge is 2.50. The lowest BCUT2D eigenvalue weighted by Gasteiger charge is -2.53. The summed E-state index contributed by atoms with van der Waals surface area (Å²) in [5, 5.41) is 7.53. The fourth-order valence-electron chi connectivity index (χ4n) is 8.69. The molecule has 38 heavy (non-hydrogen) atoms. The van der Waals surface area contributed by atoms with E-state index in [0.29, 0.717) is 17.8 Å². The number of nitrogens with one attached hydrogen (secondary N) is 3. The number of amides is 2. The lowest BCUT2D eigenvalue weighted by Crippen LogP contribution is -2.49. The SMILES string of the molecule is CC1CCCCC1C(=O)Nc1ccc(-c2c[nH]c3ccc(NC(=O)C4C5C[C@H]6C[C@@H](C5)C[C@@H]4C6)cc23)cc1. The van der Waals surface area contributed by atoms with Crippen LogP contribution in [0.5, 0.6) is 0 Å². The highest BCUT2D eigenvalue weighted by molar-refractivity contribution is 6.01. The van der Waals surface area contributed by atoms with Gasteiger partial charge in [0.2, 0.25) is 11.8 Å². The minimum Gasteiger partial charge on any atom is -0.361 e. The van der Waals surface area contributed by atoms with Crippen molar-refractivity contribution in [3.8, 4) is 11.1 Å². The molecule has 198 valence electrons. The first-order chi connectivity index (χ1) is 18.5. The molecule has 5 aliphatic rings. The number of fused-ring (bicyclic) bond motifs is 1. The molecule has 8 rings (SSSR count). The van der Waals surface area contributed by atoms with Gasteiger partial charge in [-0.05, 0) is 110 Å². The highest BCUT2D eigenvalue weighted by atomic mass is 16.2. The van der Waals surface area contributed by atoms with E-state index in [0.717, 1.165) is 64.5 Å². The Balaban J connectivity index is 1.06. The molecule has 3 aromatic rings. The second kappa shape index (κ2) is 9.59. The number of anilines is 2. The molecule has 3 N–H and O–H groups in total. The zero-order valence-electron chi connectivity index (χ0n) is 22.3. The minimum absolute atomic E-state index is 0.115. The molecule has 2 amide bonds. The van der Waals surface area contributed by atoms with E-state index in [-0.39, 0.29) is 23.7 Å². The number of aromatic amines is 1. The quantitative estimate of drug-likeness (QED) is 0.331. The van der Waals surface area contributed by atoms with Gasteiger partial charge < -0.3 is 15.6 Å². The van der Waals surface area contributed by atoms with Crippen LogP contribution in [0.1, 0.15) is 64.7 Å². The summed E-state index contributed by atoms with van der Waals surface area (Å²) in [5.41, 5.74) is 4.97. The van der Waals surface area contributed by atoms with Crippen molar-refractivity contribution in [2.45, 2.75) is 64.7 Å². The van der Waals surface area contributed by atoms with Crippen LogP contribution in [-0.4, -0.2) is 16.8 Å². The van der Waals surface area contributed by atoms with Crippen molar-refractivity contribution in [2.75, 3.05) is 10.6 Å². The molecular formula is C33H39N3O2. The van der Waals surface area contributed by atoms with E-state index in [1.54, 1.807) is 0 Å². The van der Waals surface area contributed by atoms with Gasteiger partial charge in [0.1, 0.15) is 0 Å². The number of H-pyrrole nitrogens is 1. The Morgan fingerprint density at radius 2 is 1.45 bits per heavy atom. The van der Waals surface area contributed by atoms with Crippen LogP contribution in [-0.2, 0) is 9.59 Å². The Bertz CT molecular complexity index is 1330. The largest absolute Gasteiger partial charge is 0.361 e. The van der Waals surface area contributed by atoms with Crippen LogP contribution >= 0.6 is 0 Å². The van der Waals surface area contributed by atoms with E-state index in [1.807, 2.05) is 24.4 Å². The van der Waals surface area contributed by atoms with Crippen molar-refractivity contribution in [2.24, 2.45) is 41.4 Å². The number of carbonyl (C=O) groups excluding carboxylic acids is 2. The molecule has 2 aromatic carbocycles. The minimum atomic E-state index is 0.115. The third-order valence-electron chi connectivity index (χ3n) is 10.4. The molecule has 4 bridgehead atoms. The van der Waals surface area contributed by atoms with Gasteiger partial charge in [-0.25, -0.2) is 0 Å². The van der Waals surface area contributed by atoms with Crippen molar-refractivity contribution in [1.29, 1.82) is 0 Å². The number of aromatic nitrogens is 1. The molecule has 1 heterocycles. The normalized spacial score (nSPS) is 31.9. The smallest absolute Gasteiger partial charge is 0.228 e. The number of carbonyl (C=O) groups is 2. The van der Waals surface area contributed by atoms with Gasteiger partial charge in [-0.15, -0.1) is 0 Å². The van der Waals surface area contributed by atoms with Crippen LogP contribution in [0.3, 0.4) is 0 Å². The first kappa shape index (κ1) is 24.0. The molecule has 0 radical (unpaired) electrons. The van der Waals surface area contributed by atoms with Crippen molar-refractivity contribution in [1.82, 2.24) is 4.98 Å². The van der Waals surface area contributed by atoms with Crippen molar-refractivity contribution in [3.63, 3.8) is 0 Å². The zero-order chi connectivity index (χ0) is 25.8. The molecule has 0 spiro atoms. The maximum atomic E-state index is 13.4. The zero-order valence-corrected chi connectivity index (χ0v) is 22.3. The van der Waals surface area contributed by atoms with Crippen molar-refractivity contribution < 1.29 is 9.59 Å². The molecule has 5 saturated carbocycles. The molecule has 5 fully saturated rings. The van der Waals surface area contributed by atoms with Gasteiger partial charge in [-0.3, -0.25) is 9.59 Å². The summed E-state index contributed by atoms with van der Waals surface area (Å²) >= 11 is 0. The van der Waals surface area contributed by atoms with E-state index >= 15 is 0 Å². The highest BCUT2D eigenvalue weighted by Crippen LogP contribution is 2.56. The van der Waals surface area contributed by atoms with Crippen LogP contribution in [0.15, 0.2) is 48.7 Å². The Labute approximate surface area is 225 Å². The van der Waals surface area contributed by atoms with Gasteiger partial charge in [-0.2, -0.15) is 0 Å². The molecule has 5 nitrogen and oxygen atoms in total. The summed E-state index contributed by atoms with van der Waals surface area (Å²) in [7, 11) is 0. The van der Waals surface area contributed by atoms with E-state index < -0.39 is 0 Å². The summed E-state index contributed by atoms with van der Waals surface area (Å²) in [6.45, 7) is 2.20. The summed E-state index contributed by atoms with van der Waals surface area (Å²) in [6, 6.07) is 14.3. The molecule has 2 unspecified atom stereocenters. The summed E-state index contributed by atoms with van der Waals surface area (Å²) in [5.74, 6) is 4.03. The maximum Gasteiger partial charge on any atom is 0.228 e. The second-order valence-electron chi connectivity index (χ2n) is 12.8. The van der Waals surface area contributed by atoms with Gasteiger partial charge in [0.05, 0.1) is 0 Å². The molecule has 5 heteroatoms.